The van der Waals surface area contributed by atoms with Crippen molar-refractivity contribution >= 4 is 0 Å². The van der Waals surface area contributed by atoms with Crippen molar-refractivity contribution < 1.29 is 5.11 Å². The minimum absolute atomic E-state index is 0.311. The summed E-state index contributed by atoms with van der Waals surface area (Å²) < 4.78 is 0. The average Bonchev–Trinajstić information content (AvgIpc) is 1.67. The second-order valence-corrected chi connectivity index (χ2v) is 2.18. The average molecular weight is 116 g/mol. The Labute approximate surface area is 49.2 Å². The molecule has 3 heteroatoms. The van der Waals surface area contributed by atoms with E-state index in [0.29, 0.717) is 0 Å². The van der Waals surface area contributed by atoms with Gasteiger partial charge in [0.25, 0.3) is 0 Å². The maximum atomic E-state index is 8.26. The van der Waals surface area contributed by atoms with Crippen LogP contribution >= 0.6 is 0 Å². The van der Waals surface area contributed by atoms with Gasteiger partial charge in [-0.25, -0.2) is 0 Å². The number of rotatable bonds is 2. The van der Waals surface area contributed by atoms with Crippen LogP contribution in [-0.4, -0.2) is 10.6 Å². The number of hydrogen-bond acceptors (Lipinski definition) is 3. The Morgan fingerprint density at radius 1 is 1.62 bits per heavy atom. The van der Waals surface area contributed by atoms with E-state index in [2.05, 4.69) is 5.43 Å². The normalized spacial score (nSPS) is 12.9. The minimum atomic E-state index is -0.311. The first-order chi connectivity index (χ1) is 3.62. The standard InChI is InChI=1S/C5H12N2O/c1-5(2,7-6)3-4-8/h3-4,7-8H,6H2,1-2H3/b4-3+. The molecule has 8 heavy (non-hydrogen) atoms. The molecule has 4 N–H and O–H groups in total. The number of aliphatic hydroxyl groups is 1. The molecule has 0 aromatic heterocycles. The highest BCUT2D eigenvalue weighted by Gasteiger charge is 2.08. The largest absolute Gasteiger partial charge is 0.516 e. The smallest absolute Gasteiger partial charge is 0.0770 e. The summed E-state index contributed by atoms with van der Waals surface area (Å²) in [5, 5.41) is 8.26. The zero-order valence-electron chi connectivity index (χ0n) is 5.18. The lowest BCUT2D eigenvalue weighted by Gasteiger charge is -2.16. The van der Waals surface area contributed by atoms with Crippen LogP contribution in [0.4, 0.5) is 0 Å². The molecule has 0 amide bonds. The zero-order valence-corrected chi connectivity index (χ0v) is 5.18. The first-order valence-electron chi connectivity index (χ1n) is 2.42. The Bertz CT molecular complexity index is 88.4. The molecule has 3 nitrogen and oxygen atoms in total. The fraction of sp³-hybridized carbons (Fsp3) is 0.600. The van der Waals surface area contributed by atoms with Crippen molar-refractivity contribution in [3.63, 3.8) is 0 Å². The summed E-state index contributed by atoms with van der Waals surface area (Å²) in [6.45, 7) is 3.69. The van der Waals surface area contributed by atoms with Crippen LogP contribution in [0, 0.1) is 0 Å². The monoisotopic (exact) mass is 116 g/mol. The Balaban J connectivity index is 3.71. The van der Waals surface area contributed by atoms with Crippen molar-refractivity contribution in [2.24, 2.45) is 5.84 Å². The van der Waals surface area contributed by atoms with E-state index < -0.39 is 0 Å². The number of nitrogens with two attached hydrogens (primary N) is 1. The number of nitrogens with one attached hydrogen (secondary N) is 1. The van der Waals surface area contributed by atoms with Crippen molar-refractivity contribution in [1.82, 2.24) is 5.43 Å². The molecule has 0 radical (unpaired) electrons. The second-order valence-electron chi connectivity index (χ2n) is 2.18. The van der Waals surface area contributed by atoms with Gasteiger partial charge in [-0.1, -0.05) is 0 Å². The third-order valence-electron chi connectivity index (χ3n) is 0.863. The van der Waals surface area contributed by atoms with Gasteiger partial charge in [0.05, 0.1) is 6.26 Å². The Morgan fingerprint density at radius 2 is 2.12 bits per heavy atom. The summed E-state index contributed by atoms with van der Waals surface area (Å²) in [5.41, 5.74) is 2.18. The molecule has 0 aromatic carbocycles. The lowest BCUT2D eigenvalue weighted by molar-refractivity contribution is 0.438. The number of hydrazine groups is 1. The third kappa shape index (κ3) is 2.60. The van der Waals surface area contributed by atoms with Gasteiger partial charge in [0.2, 0.25) is 0 Å². The van der Waals surface area contributed by atoms with Crippen LogP contribution in [0.25, 0.3) is 0 Å². The van der Waals surface area contributed by atoms with Gasteiger partial charge < -0.3 is 5.11 Å². The van der Waals surface area contributed by atoms with Gasteiger partial charge >= 0.3 is 0 Å². The number of hydrogen-bond donors (Lipinski definition) is 3. The van der Waals surface area contributed by atoms with Crippen LogP contribution in [-0.2, 0) is 0 Å². The molecule has 0 heterocycles. The van der Waals surface area contributed by atoms with Gasteiger partial charge in [0, 0.05) is 5.54 Å². The van der Waals surface area contributed by atoms with Crippen molar-refractivity contribution in [1.29, 1.82) is 0 Å². The first-order valence-corrected chi connectivity index (χ1v) is 2.42. The second kappa shape index (κ2) is 2.69. The summed E-state index contributed by atoms with van der Waals surface area (Å²) in [4.78, 5) is 0. The van der Waals surface area contributed by atoms with Gasteiger partial charge in [-0.15, -0.1) is 0 Å². The maximum Gasteiger partial charge on any atom is 0.0770 e. The minimum Gasteiger partial charge on any atom is -0.516 e. The molecule has 0 saturated heterocycles. The highest BCUT2D eigenvalue weighted by molar-refractivity contribution is 4.95. The summed E-state index contributed by atoms with van der Waals surface area (Å²) in [7, 11) is 0. The molecule has 0 aromatic rings. The topological polar surface area (TPSA) is 58.3 Å². The van der Waals surface area contributed by atoms with Gasteiger partial charge in [0.1, 0.15) is 0 Å². The lowest BCUT2D eigenvalue weighted by Crippen LogP contribution is -2.42. The first kappa shape index (κ1) is 7.46. The summed E-state index contributed by atoms with van der Waals surface area (Å²) in [6.07, 6.45) is 2.53. The Morgan fingerprint density at radius 3 is 2.25 bits per heavy atom. The fourth-order valence-electron chi connectivity index (χ4n) is 0.234. The molecule has 0 fully saturated rings. The third-order valence-corrected chi connectivity index (χ3v) is 0.863. The van der Waals surface area contributed by atoms with E-state index >= 15 is 0 Å². The van der Waals surface area contributed by atoms with Crippen LogP contribution < -0.4 is 11.3 Å². The maximum absolute atomic E-state index is 8.26. The highest BCUT2D eigenvalue weighted by atomic mass is 16.2. The SMILES string of the molecule is CC(C)(/C=C/O)NN. The summed E-state index contributed by atoms with van der Waals surface area (Å²) in [5.74, 6) is 5.08. The molecule has 0 unspecified atom stereocenters. The van der Waals surface area contributed by atoms with E-state index in [4.69, 9.17) is 10.9 Å². The van der Waals surface area contributed by atoms with Crippen LogP contribution in [0.3, 0.4) is 0 Å². The lowest BCUT2D eigenvalue weighted by atomic mass is 10.1. The van der Waals surface area contributed by atoms with Gasteiger partial charge in [-0.2, -0.15) is 0 Å². The quantitative estimate of drug-likeness (QED) is 0.276. The molecule has 0 aliphatic heterocycles. The molecular formula is C5H12N2O. The molecule has 0 aliphatic carbocycles. The van der Waals surface area contributed by atoms with Crippen molar-refractivity contribution in [2.45, 2.75) is 19.4 Å². The van der Waals surface area contributed by atoms with E-state index in [-0.39, 0.29) is 5.54 Å². The van der Waals surface area contributed by atoms with E-state index in [1.807, 2.05) is 13.8 Å². The van der Waals surface area contributed by atoms with E-state index in [1.54, 1.807) is 6.08 Å². The van der Waals surface area contributed by atoms with E-state index in [9.17, 15) is 0 Å². The van der Waals surface area contributed by atoms with Gasteiger partial charge in [-0.3, -0.25) is 11.3 Å². The molecule has 48 valence electrons. The summed E-state index contributed by atoms with van der Waals surface area (Å²) >= 11 is 0. The number of aliphatic hydroxyl groups excluding tert-OH is 1. The molecular weight excluding hydrogens is 104 g/mol. The molecule has 0 saturated carbocycles. The summed E-state index contributed by atoms with van der Waals surface area (Å²) in [6, 6.07) is 0. The van der Waals surface area contributed by atoms with Crippen LogP contribution in [0.1, 0.15) is 13.8 Å². The predicted molar refractivity (Wildman–Crippen MR) is 33.2 cm³/mol. The van der Waals surface area contributed by atoms with Gasteiger partial charge in [0.15, 0.2) is 0 Å². The van der Waals surface area contributed by atoms with E-state index in [1.165, 1.54) is 0 Å². The van der Waals surface area contributed by atoms with Crippen LogP contribution in [0.5, 0.6) is 0 Å². The Kier molecular flexibility index (Phi) is 2.51. The van der Waals surface area contributed by atoms with E-state index in [0.717, 1.165) is 6.26 Å². The molecule has 0 bridgehead atoms. The van der Waals surface area contributed by atoms with Gasteiger partial charge in [-0.05, 0) is 19.9 Å². The Hall–Kier alpha value is -0.540. The van der Waals surface area contributed by atoms with Crippen molar-refractivity contribution in [3.8, 4) is 0 Å². The molecule has 0 atom stereocenters. The molecule has 0 aliphatic rings. The predicted octanol–water partition coefficient (Wildman–Crippen LogP) is 0.300. The van der Waals surface area contributed by atoms with Crippen LogP contribution in [0.15, 0.2) is 12.3 Å². The highest BCUT2D eigenvalue weighted by Crippen LogP contribution is 1.99. The van der Waals surface area contributed by atoms with Crippen molar-refractivity contribution in [2.75, 3.05) is 0 Å². The van der Waals surface area contributed by atoms with Crippen LogP contribution in [0.2, 0.25) is 0 Å². The van der Waals surface area contributed by atoms with Crippen molar-refractivity contribution in [3.05, 3.63) is 12.3 Å². The fourth-order valence-corrected chi connectivity index (χ4v) is 0.234. The molecule has 0 spiro atoms. The zero-order chi connectivity index (χ0) is 6.62. The molecule has 0 rings (SSSR count).